The number of aliphatic imine (C=N–C) groups is 1. The van der Waals surface area contributed by atoms with E-state index in [1.54, 1.807) is 12.3 Å². The molecule has 2 heterocycles. The number of hydrogen-bond acceptors (Lipinski definition) is 5. The van der Waals surface area contributed by atoms with Crippen LogP contribution in [0.4, 0.5) is 5.69 Å². The summed E-state index contributed by atoms with van der Waals surface area (Å²) < 4.78 is 1.56. The number of fused-ring (bicyclic) bond motifs is 1. The fraction of sp³-hybridized carbons (Fsp3) is 0.133. The third-order valence-corrected chi connectivity index (χ3v) is 4.77. The second-order valence-corrected chi connectivity index (χ2v) is 6.49. The molecule has 5 nitrogen and oxygen atoms in total. The molecule has 112 valence electrons. The van der Waals surface area contributed by atoms with Crippen LogP contribution < -0.4 is 0 Å². The lowest BCUT2D eigenvalue weighted by Gasteiger charge is -2.09. The van der Waals surface area contributed by atoms with E-state index in [9.17, 15) is 9.90 Å². The van der Waals surface area contributed by atoms with Gasteiger partial charge in [-0.15, -0.1) is 11.3 Å². The molecule has 1 unspecified atom stereocenters. The molecule has 22 heavy (non-hydrogen) atoms. The van der Waals surface area contributed by atoms with E-state index >= 15 is 0 Å². The Morgan fingerprint density at radius 2 is 2.18 bits per heavy atom. The molecule has 0 fully saturated rings. The zero-order valence-electron chi connectivity index (χ0n) is 11.6. The van der Waals surface area contributed by atoms with E-state index in [2.05, 4.69) is 4.99 Å². The molecule has 1 aliphatic rings. The minimum absolute atomic E-state index is 0.129. The molecule has 0 aliphatic carbocycles. The topological polar surface area (TPSA) is 74.8 Å². The summed E-state index contributed by atoms with van der Waals surface area (Å²) in [7, 11) is 0. The second kappa shape index (κ2) is 5.51. The van der Waals surface area contributed by atoms with Gasteiger partial charge in [-0.2, -0.15) is 0 Å². The molecule has 0 radical (unpaired) electrons. The molecule has 2 aromatic rings. The van der Waals surface area contributed by atoms with E-state index in [1.807, 2.05) is 24.3 Å². The highest BCUT2D eigenvalue weighted by Gasteiger charge is 2.21. The molecule has 2 N–H and O–H groups in total. The van der Waals surface area contributed by atoms with Crippen LogP contribution >= 0.6 is 23.6 Å². The number of nitrogens with zero attached hydrogens (tertiary/aromatic N) is 2. The number of carboxylic acid groups (broad SMARTS) is 1. The summed E-state index contributed by atoms with van der Waals surface area (Å²) in [5.74, 6) is -1.17. The van der Waals surface area contributed by atoms with E-state index < -0.39 is 12.0 Å². The Hall–Kier alpha value is -2.25. The van der Waals surface area contributed by atoms with Crippen LogP contribution in [0.1, 0.15) is 23.4 Å². The first-order chi connectivity index (χ1) is 10.5. The van der Waals surface area contributed by atoms with Gasteiger partial charge in [-0.3, -0.25) is 9.56 Å². The van der Waals surface area contributed by atoms with Crippen LogP contribution in [-0.4, -0.2) is 27.0 Å². The summed E-state index contributed by atoms with van der Waals surface area (Å²) in [6.45, 7) is 1.48. The zero-order chi connectivity index (χ0) is 15.9. The highest BCUT2D eigenvalue weighted by molar-refractivity contribution is 7.73. The Morgan fingerprint density at radius 1 is 1.45 bits per heavy atom. The molecule has 1 aromatic heterocycles. The molecule has 1 atom stereocenters. The number of rotatable bonds is 3. The van der Waals surface area contributed by atoms with Crippen LogP contribution in [0.5, 0.6) is 5.88 Å². The van der Waals surface area contributed by atoms with Crippen molar-refractivity contribution < 1.29 is 15.0 Å². The van der Waals surface area contributed by atoms with Crippen molar-refractivity contribution in [2.24, 2.45) is 4.99 Å². The van der Waals surface area contributed by atoms with Crippen molar-refractivity contribution in [2.75, 3.05) is 0 Å². The summed E-state index contributed by atoms with van der Waals surface area (Å²) in [4.78, 5) is 15.9. The van der Waals surface area contributed by atoms with Gasteiger partial charge in [0.25, 0.3) is 0 Å². The normalized spacial score (nSPS) is 16.0. The molecule has 3 rings (SSSR count). The summed E-state index contributed by atoms with van der Waals surface area (Å²) in [5.41, 5.74) is 2.70. The maximum Gasteiger partial charge on any atom is 0.326 e. The average molecular weight is 332 g/mol. The number of aromatic hydroxyl groups is 1. The van der Waals surface area contributed by atoms with Gasteiger partial charge in [0.2, 0.25) is 5.88 Å². The van der Waals surface area contributed by atoms with E-state index in [1.165, 1.54) is 22.8 Å². The van der Waals surface area contributed by atoms with E-state index in [0.29, 0.717) is 8.83 Å². The Morgan fingerprint density at radius 3 is 2.91 bits per heavy atom. The Bertz CT molecular complexity index is 877. The van der Waals surface area contributed by atoms with Crippen LogP contribution in [-0.2, 0) is 4.79 Å². The average Bonchev–Trinajstić information content (AvgIpc) is 3.01. The van der Waals surface area contributed by atoms with Crippen molar-refractivity contribution >= 4 is 53.1 Å². The summed E-state index contributed by atoms with van der Waals surface area (Å²) >= 11 is 6.34. The first-order valence-corrected chi connectivity index (χ1v) is 7.74. The van der Waals surface area contributed by atoms with Crippen molar-refractivity contribution in [1.82, 2.24) is 4.57 Å². The van der Waals surface area contributed by atoms with Gasteiger partial charge in [0, 0.05) is 17.4 Å². The SMILES string of the molecule is CC(C(=O)O)n1c(O)c(/C=C2\C=Nc3ccccc32)sc1=S. The molecule has 1 aliphatic heterocycles. The van der Waals surface area contributed by atoms with Crippen molar-refractivity contribution in [3.8, 4) is 5.88 Å². The lowest BCUT2D eigenvalue weighted by atomic mass is 10.1. The number of para-hydroxylation sites is 1. The molecule has 7 heteroatoms. The Kier molecular flexibility index (Phi) is 3.67. The number of aromatic nitrogens is 1. The zero-order valence-corrected chi connectivity index (χ0v) is 13.2. The van der Waals surface area contributed by atoms with Gasteiger partial charge in [-0.25, -0.2) is 4.79 Å². The fourth-order valence-electron chi connectivity index (χ4n) is 2.24. The molecule has 1 aromatic carbocycles. The van der Waals surface area contributed by atoms with E-state index in [4.69, 9.17) is 17.3 Å². The third-order valence-electron chi connectivity index (χ3n) is 3.43. The molecular formula is C15H12N2O3S2. The predicted octanol–water partition coefficient (Wildman–Crippen LogP) is 3.89. The van der Waals surface area contributed by atoms with Crippen LogP contribution in [0.3, 0.4) is 0 Å². The highest BCUT2D eigenvalue weighted by atomic mass is 32.1. The standard InChI is InChI=1S/C15H12N2O3S2/c1-8(14(19)20)17-13(18)12(22-15(17)21)6-9-7-16-11-5-3-2-4-10(9)11/h2-8,18H,1H3,(H,19,20)/b9-6+. The van der Waals surface area contributed by atoms with Crippen molar-refractivity contribution in [2.45, 2.75) is 13.0 Å². The third kappa shape index (κ3) is 2.38. The predicted molar refractivity (Wildman–Crippen MR) is 89.6 cm³/mol. The van der Waals surface area contributed by atoms with Crippen molar-refractivity contribution in [3.63, 3.8) is 0 Å². The van der Waals surface area contributed by atoms with Crippen molar-refractivity contribution in [1.29, 1.82) is 0 Å². The fourth-order valence-corrected chi connectivity index (χ4v) is 3.66. The largest absolute Gasteiger partial charge is 0.493 e. The van der Waals surface area contributed by atoms with Gasteiger partial charge in [0.15, 0.2) is 3.95 Å². The molecular weight excluding hydrogens is 320 g/mol. The molecule has 0 amide bonds. The van der Waals surface area contributed by atoms with Gasteiger partial charge < -0.3 is 10.2 Å². The maximum absolute atomic E-state index is 11.1. The Balaban J connectivity index is 2.07. The van der Waals surface area contributed by atoms with E-state index in [0.717, 1.165) is 16.8 Å². The van der Waals surface area contributed by atoms with E-state index in [-0.39, 0.29) is 5.88 Å². The van der Waals surface area contributed by atoms with Crippen LogP contribution in [0.25, 0.3) is 11.6 Å². The van der Waals surface area contributed by atoms with Gasteiger partial charge in [0.1, 0.15) is 6.04 Å². The molecule has 0 saturated heterocycles. The minimum atomic E-state index is -1.05. The van der Waals surface area contributed by atoms with Gasteiger partial charge in [0.05, 0.1) is 10.6 Å². The second-order valence-electron chi connectivity index (χ2n) is 4.82. The van der Waals surface area contributed by atoms with Gasteiger partial charge >= 0.3 is 5.97 Å². The number of thiazole rings is 1. The quantitative estimate of drug-likeness (QED) is 0.836. The minimum Gasteiger partial charge on any atom is -0.493 e. The van der Waals surface area contributed by atoms with Crippen molar-refractivity contribution in [3.05, 3.63) is 38.7 Å². The maximum atomic E-state index is 11.1. The highest BCUT2D eigenvalue weighted by Crippen LogP contribution is 2.36. The van der Waals surface area contributed by atoms with Gasteiger partial charge in [-0.05, 0) is 31.3 Å². The summed E-state index contributed by atoms with van der Waals surface area (Å²) in [5, 5.41) is 19.4. The summed E-state index contributed by atoms with van der Waals surface area (Å²) in [6.07, 6.45) is 3.49. The van der Waals surface area contributed by atoms with Crippen LogP contribution in [0.15, 0.2) is 29.3 Å². The van der Waals surface area contributed by atoms with Crippen LogP contribution in [0.2, 0.25) is 0 Å². The number of aliphatic carboxylic acids is 1. The number of allylic oxidation sites excluding steroid dienone is 1. The first-order valence-electron chi connectivity index (χ1n) is 6.51. The molecule has 0 bridgehead atoms. The van der Waals surface area contributed by atoms with Gasteiger partial charge in [-0.1, -0.05) is 18.2 Å². The number of carbonyl (C=O) groups is 1. The molecule has 0 spiro atoms. The number of hydrogen-bond donors (Lipinski definition) is 2. The Labute approximate surface area is 135 Å². The molecule has 0 saturated carbocycles. The lowest BCUT2D eigenvalue weighted by molar-refractivity contribution is -0.140. The van der Waals surface area contributed by atoms with Crippen LogP contribution in [0, 0.1) is 3.95 Å². The first kappa shape index (κ1) is 14.7. The monoisotopic (exact) mass is 332 g/mol. The summed E-state index contributed by atoms with van der Waals surface area (Å²) in [6, 6.07) is 6.76. The smallest absolute Gasteiger partial charge is 0.326 e. The lowest BCUT2D eigenvalue weighted by Crippen LogP contribution is -2.14. The number of carboxylic acids is 1. The number of benzene rings is 1.